The predicted molar refractivity (Wildman–Crippen MR) is 103 cm³/mol. The number of carboxylic acids is 1. The largest absolute Gasteiger partial charge is 0.497 e. The third kappa shape index (κ3) is 4.45. The third-order valence-electron chi connectivity index (χ3n) is 4.53. The number of carboxylic acid groups (broad SMARTS) is 1. The highest BCUT2D eigenvalue weighted by molar-refractivity contribution is 6.08. The van der Waals surface area contributed by atoms with Gasteiger partial charge in [-0.25, -0.2) is 0 Å². The number of benzene rings is 1. The van der Waals surface area contributed by atoms with E-state index in [9.17, 15) is 14.7 Å². The Hall–Kier alpha value is -3.62. The number of oxime groups is 1. The van der Waals surface area contributed by atoms with Crippen LogP contribution in [0.2, 0.25) is 0 Å². The summed E-state index contributed by atoms with van der Waals surface area (Å²) in [6.45, 7) is 0.193. The molecule has 1 aliphatic rings. The van der Waals surface area contributed by atoms with Gasteiger partial charge in [0.25, 0.3) is 5.91 Å². The van der Waals surface area contributed by atoms with E-state index in [2.05, 4.69) is 15.5 Å². The van der Waals surface area contributed by atoms with Gasteiger partial charge < -0.3 is 24.7 Å². The maximum atomic E-state index is 12.9. The number of hydrogen-bond acceptors (Lipinski definition) is 7. The van der Waals surface area contributed by atoms with Gasteiger partial charge >= 0.3 is 5.97 Å². The van der Waals surface area contributed by atoms with Gasteiger partial charge in [0, 0.05) is 37.0 Å². The van der Waals surface area contributed by atoms with Gasteiger partial charge in [0.2, 0.25) is 5.60 Å². The molecule has 3 rings (SSSR count). The molecule has 0 saturated carbocycles. The second-order valence-corrected chi connectivity index (χ2v) is 6.48. The van der Waals surface area contributed by atoms with Crippen LogP contribution in [0.3, 0.4) is 0 Å². The molecule has 0 aliphatic carbocycles. The Kier molecular flexibility index (Phi) is 5.96. The first-order valence-electron chi connectivity index (χ1n) is 8.84. The highest BCUT2D eigenvalue weighted by Crippen LogP contribution is 2.34. The van der Waals surface area contributed by atoms with Crippen LogP contribution in [-0.4, -0.2) is 47.5 Å². The van der Waals surface area contributed by atoms with Gasteiger partial charge in [0.1, 0.15) is 11.5 Å². The maximum absolute atomic E-state index is 12.9. The summed E-state index contributed by atoms with van der Waals surface area (Å²) < 4.78 is 10.6. The van der Waals surface area contributed by atoms with E-state index in [1.165, 1.54) is 14.2 Å². The van der Waals surface area contributed by atoms with E-state index in [-0.39, 0.29) is 13.0 Å². The molecule has 29 heavy (non-hydrogen) atoms. The van der Waals surface area contributed by atoms with Crippen LogP contribution in [0.5, 0.6) is 11.5 Å². The zero-order chi connectivity index (χ0) is 20.9. The van der Waals surface area contributed by atoms with Crippen molar-refractivity contribution in [3.05, 3.63) is 53.9 Å². The van der Waals surface area contributed by atoms with Crippen molar-refractivity contribution in [2.45, 2.75) is 25.0 Å². The molecule has 2 N–H and O–H groups in total. The van der Waals surface area contributed by atoms with Crippen molar-refractivity contribution in [3.8, 4) is 11.5 Å². The van der Waals surface area contributed by atoms with Crippen LogP contribution >= 0.6 is 0 Å². The lowest BCUT2D eigenvalue weighted by Crippen LogP contribution is -2.48. The number of aliphatic carboxylic acids is 1. The van der Waals surface area contributed by atoms with E-state index in [1.807, 2.05) is 0 Å². The number of carbonyl (C=O) groups is 2. The van der Waals surface area contributed by atoms with Crippen molar-refractivity contribution in [1.82, 2.24) is 10.3 Å². The lowest BCUT2D eigenvalue weighted by molar-refractivity contribution is -0.156. The number of aromatic nitrogens is 1. The van der Waals surface area contributed by atoms with Crippen molar-refractivity contribution in [2.75, 3.05) is 14.2 Å². The summed E-state index contributed by atoms with van der Waals surface area (Å²) in [4.78, 5) is 33.7. The molecule has 0 radical (unpaired) electrons. The molecule has 1 unspecified atom stereocenters. The molecule has 2 aromatic rings. The van der Waals surface area contributed by atoms with Crippen LogP contribution in [0, 0.1) is 0 Å². The summed E-state index contributed by atoms with van der Waals surface area (Å²) in [6.07, 6.45) is 2.70. The standard InChI is InChI=1S/C20H21N3O6/c1-27-14-5-6-15(17(8-14)28-2)16-9-20(29-23-16,10-18(24)25)19(26)22-12-13-4-3-7-21-11-13/h3-8,11H,9-10,12H2,1-2H3,(H,22,26)(H,24,25). The minimum atomic E-state index is -1.64. The molecule has 152 valence electrons. The van der Waals surface area contributed by atoms with Crippen molar-refractivity contribution in [3.63, 3.8) is 0 Å². The fourth-order valence-electron chi connectivity index (χ4n) is 3.05. The number of carbonyl (C=O) groups excluding carboxylic acids is 1. The lowest BCUT2D eigenvalue weighted by atomic mass is 9.89. The van der Waals surface area contributed by atoms with Crippen molar-refractivity contribution >= 4 is 17.6 Å². The number of ether oxygens (including phenoxy) is 2. The molecule has 9 nitrogen and oxygen atoms in total. The number of amides is 1. The molecule has 1 aliphatic heterocycles. The first-order valence-corrected chi connectivity index (χ1v) is 8.84. The van der Waals surface area contributed by atoms with Gasteiger partial charge in [-0.3, -0.25) is 14.6 Å². The number of nitrogens with zero attached hydrogens (tertiary/aromatic N) is 2. The molecule has 0 spiro atoms. The summed E-state index contributed by atoms with van der Waals surface area (Å²) in [5, 5.41) is 16.1. The zero-order valence-electron chi connectivity index (χ0n) is 16.0. The zero-order valence-corrected chi connectivity index (χ0v) is 16.0. The third-order valence-corrected chi connectivity index (χ3v) is 4.53. The van der Waals surface area contributed by atoms with Gasteiger partial charge in [0.15, 0.2) is 0 Å². The Morgan fingerprint density at radius 2 is 2.10 bits per heavy atom. The summed E-state index contributed by atoms with van der Waals surface area (Å²) in [5.41, 5.74) is 0.152. The summed E-state index contributed by atoms with van der Waals surface area (Å²) in [7, 11) is 3.04. The lowest BCUT2D eigenvalue weighted by Gasteiger charge is -2.23. The molecule has 9 heteroatoms. The van der Waals surface area contributed by atoms with Crippen LogP contribution in [0.25, 0.3) is 0 Å². The highest BCUT2D eigenvalue weighted by atomic mass is 16.7. The summed E-state index contributed by atoms with van der Waals surface area (Å²) >= 11 is 0. The quantitative estimate of drug-likeness (QED) is 0.694. The normalized spacial score (nSPS) is 17.8. The molecule has 0 saturated heterocycles. The average Bonchev–Trinajstić information content (AvgIpc) is 3.16. The molecule has 1 aromatic carbocycles. The number of rotatable bonds is 8. The molecular weight excluding hydrogens is 378 g/mol. The van der Waals surface area contributed by atoms with E-state index in [0.717, 1.165) is 5.56 Å². The molecule has 0 fully saturated rings. The van der Waals surface area contributed by atoms with Crippen LogP contribution < -0.4 is 14.8 Å². The second kappa shape index (κ2) is 8.59. The Balaban J connectivity index is 1.80. The van der Waals surface area contributed by atoms with E-state index in [1.54, 1.807) is 42.7 Å². The Morgan fingerprint density at radius 3 is 2.76 bits per heavy atom. The van der Waals surface area contributed by atoms with Crippen LogP contribution in [0.15, 0.2) is 47.9 Å². The fraction of sp³-hybridized carbons (Fsp3) is 0.300. The molecule has 0 bridgehead atoms. The Bertz CT molecular complexity index is 931. The second-order valence-electron chi connectivity index (χ2n) is 6.48. The molecule has 1 amide bonds. The number of pyridine rings is 1. The van der Waals surface area contributed by atoms with Gasteiger partial charge in [-0.15, -0.1) is 0 Å². The van der Waals surface area contributed by atoms with Gasteiger partial charge in [-0.05, 0) is 23.8 Å². The highest BCUT2D eigenvalue weighted by Gasteiger charge is 2.49. The van der Waals surface area contributed by atoms with E-state index < -0.39 is 23.9 Å². The van der Waals surface area contributed by atoms with E-state index in [0.29, 0.717) is 22.8 Å². The summed E-state index contributed by atoms with van der Waals surface area (Å²) in [6, 6.07) is 8.68. The molecule has 2 heterocycles. The first-order chi connectivity index (χ1) is 14.0. The minimum Gasteiger partial charge on any atom is -0.497 e. The number of methoxy groups -OCH3 is 2. The Morgan fingerprint density at radius 1 is 1.28 bits per heavy atom. The molecule has 1 atom stereocenters. The van der Waals surface area contributed by atoms with Gasteiger partial charge in [-0.1, -0.05) is 11.2 Å². The monoisotopic (exact) mass is 399 g/mol. The van der Waals surface area contributed by atoms with Crippen LogP contribution in [-0.2, 0) is 21.0 Å². The maximum Gasteiger partial charge on any atom is 0.308 e. The minimum absolute atomic E-state index is 0.0130. The smallest absolute Gasteiger partial charge is 0.308 e. The van der Waals surface area contributed by atoms with E-state index >= 15 is 0 Å². The fourth-order valence-corrected chi connectivity index (χ4v) is 3.05. The SMILES string of the molecule is COc1ccc(C2=NOC(CC(=O)O)(C(=O)NCc3cccnc3)C2)c(OC)c1. The van der Waals surface area contributed by atoms with Crippen molar-refractivity contribution in [2.24, 2.45) is 5.16 Å². The molecule has 1 aromatic heterocycles. The topological polar surface area (TPSA) is 119 Å². The molecular formula is C20H21N3O6. The Labute approximate surface area is 167 Å². The number of nitrogens with one attached hydrogen (secondary N) is 1. The summed E-state index contributed by atoms with van der Waals surface area (Å²) in [5.74, 6) is -0.653. The predicted octanol–water partition coefficient (Wildman–Crippen LogP) is 1.75. The van der Waals surface area contributed by atoms with Crippen LogP contribution in [0.4, 0.5) is 0 Å². The van der Waals surface area contributed by atoms with Gasteiger partial charge in [0.05, 0.1) is 26.4 Å². The average molecular weight is 399 g/mol. The van der Waals surface area contributed by atoms with Crippen molar-refractivity contribution < 1.29 is 29.0 Å². The van der Waals surface area contributed by atoms with Crippen LogP contribution in [0.1, 0.15) is 24.0 Å². The number of hydrogen-bond donors (Lipinski definition) is 2. The van der Waals surface area contributed by atoms with Gasteiger partial charge in [-0.2, -0.15) is 0 Å². The van der Waals surface area contributed by atoms with Crippen molar-refractivity contribution in [1.29, 1.82) is 0 Å². The first kappa shape index (κ1) is 20.1. The van der Waals surface area contributed by atoms with E-state index in [4.69, 9.17) is 14.3 Å².